The molecule has 0 aliphatic heterocycles. The maximum Gasteiger partial charge on any atom is 0.328 e. The Morgan fingerprint density at radius 1 is 1.03 bits per heavy atom. The van der Waals surface area contributed by atoms with Crippen LogP contribution >= 0.6 is 0 Å². The van der Waals surface area contributed by atoms with Gasteiger partial charge in [0.15, 0.2) is 0 Å². The number of rotatable bonds is 9. The van der Waals surface area contributed by atoms with Crippen LogP contribution < -0.4 is 5.69 Å². The maximum absolute atomic E-state index is 13.7. The van der Waals surface area contributed by atoms with Gasteiger partial charge in [-0.2, -0.15) is 5.21 Å². The summed E-state index contributed by atoms with van der Waals surface area (Å²) < 4.78 is 4.01. The number of aromatic amines is 1. The highest BCUT2D eigenvalue weighted by Crippen LogP contribution is 2.27. The van der Waals surface area contributed by atoms with Crippen molar-refractivity contribution < 1.29 is 0 Å². The van der Waals surface area contributed by atoms with E-state index in [1.807, 2.05) is 39.6 Å². The van der Waals surface area contributed by atoms with Crippen LogP contribution in [0.2, 0.25) is 0 Å². The van der Waals surface area contributed by atoms with Crippen molar-refractivity contribution in [2.45, 2.75) is 78.3 Å². The highest BCUT2D eigenvalue weighted by molar-refractivity contribution is 5.70. The Balaban J connectivity index is 1.45. The van der Waals surface area contributed by atoms with Gasteiger partial charge in [0, 0.05) is 29.7 Å². The number of imidazole rings is 1. The lowest BCUT2D eigenvalue weighted by Crippen LogP contribution is -2.29. The van der Waals surface area contributed by atoms with Gasteiger partial charge in [-0.1, -0.05) is 50.8 Å². The normalized spacial score (nSPS) is 14.4. The summed E-state index contributed by atoms with van der Waals surface area (Å²) in [6.45, 7) is 5.64. The van der Waals surface area contributed by atoms with Crippen LogP contribution in [0.15, 0.2) is 47.4 Å². The predicted octanol–water partition coefficient (Wildman–Crippen LogP) is 5.17. The smallest absolute Gasteiger partial charge is 0.296 e. The van der Waals surface area contributed by atoms with E-state index in [0.717, 1.165) is 59.6 Å². The number of tetrazole rings is 1. The molecule has 1 aromatic carbocycles. The topological polar surface area (TPSA) is 94.3 Å². The van der Waals surface area contributed by atoms with Gasteiger partial charge in [-0.05, 0) is 73.1 Å². The Bertz CT molecular complexity index is 1350. The van der Waals surface area contributed by atoms with Crippen molar-refractivity contribution in [3.8, 4) is 22.5 Å². The minimum Gasteiger partial charge on any atom is -0.296 e. The highest BCUT2D eigenvalue weighted by Gasteiger charge is 2.21. The number of nitrogens with one attached hydrogen (secondary N) is 1. The highest BCUT2D eigenvalue weighted by atomic mass is 16.1. The summed E-state index contributed by atoms with van der Waals surface area (Å²) in [7, 11) is 0. The number of H-pyrrole nitrogens is 1. The summed E-state index contributed by atoms with van der Waals surface area (Å²) in [6.07, 6.45) is 11.3. The lowest BCUT2D eigenvalue weighted by atomic mass is 9.89. The van der Waals surface area contributed by atoms with E-state index < -0.39 is 0 Å². The van der Waals surface area contributed by atoms with E-state index in [9.17, 15) is 4.79 Å². The molecule has 188 valence electrons. The third-order valence-electron chi connectivity index (χ3n) is 7.48. The molecule has 36 heavy (non-hydrogen) atoms. The lowest BCUT2D eigenvalue weighted by molar-refractivity contribution is 0.313. The van der Waals surface area contributed by atoms with Crippen LogP contribution in [0.4, 0.5) is 0 Å². The molecule has 1 saturated carbocycles. The van der Waals surface area contributed by atoms with Gasteiger partial charge >= 0.3 is 5.69 Å². The van der Waals surface area contributed by atoms with Crippen LogP contribution in [0.5, 0.6) is 0 Å². The van der Waals surface area contributed by atoms with Crippen molar-refractivity contribution >= 4 is 0 Å². The molecular formula is C28H35N7O. The zero-order valence-corrected chi connectivity index (χ0v) is 21.3. The second-order valence-corrected chi connectivity index (χ2v) is 9.97. The van der Waals surface area contributed by atoms with Crippen molar-refractivity contribution in [1.82, 2.24) is 34.7 Å². The molecule has 0 amide bonds. The fraction of sp³-hybridized carbons (Fsp3) is 0.464. The Morgan fingerprint density at radius 2 is 1.83 bits per heavy atom. The number of hydrogen-bond donors (Lipinski definition) is 1. The summed E-state index contributed by atoms with van der Waals surface area (Å²) in [5.74, 6) is 1.17. The van der Waals surface area contributed by atoms with Crippen molar-refractivity contribution in [1.29, 1.82) is 0 Å². The summed E-state index contributed by atoms with van der Waals surface area (Å²) in [6, 6.07) is 12.1. The van der Waals surface area contributed by atoms with Gasteiger partial charge in [-0.3, -0.25) is 14.1 Å². The van der Waals surface area contributed by atoms with Crippen LogP contribution in [0, 0.1) is 12.8 Å². The third-order valence-corrected chi connectivity index (χ3v) is 7.48. The quantitative estimate of drug-likeness (QED) is 0.353. The molecule has 1 N–H and O–H groups in total. The molecule has 1 fully saturated rings. The van der Waals surface area contributed by atoms with E-state index in [0.29, 0.717) is 18.3 Å². The fourth-order valence-electron chi connectivity index (χ4n) is 5.45. The molecule has 0 bridgehead atoms. The Kier molecular flexibility index (Phi) is 7.39. The first-order valence-electron chi connectivity index (χ1n) is 13.2. The second kappa shape index (κ2) is 11.0. The molecule has 0 unspecified atom stereocenters. The zero-order valence-electron chi connectivity index (χ0n) is 21.3. The molecule has 0 spiro atoms. The summed E-state index contributed by atoms with van der Waals surface area (Å²) >= 11 is 0. The van der Waals surface area contributed by atoms with E-state index in [-0.39, 0.29) is 5.69 Å². The summed E-state index contributed by atoms with van der Waals surface area (Å²) in [4.78, 5) is 18.3. The molecule has 0 radical (unpaired) electrons. The second-order valence-electron chi connectivity index (χ2n) is 9.97. The number of pyridine rings is 1. The number of hydrogen-bond acceptors (Lipinski definition) is 5. The van der Waals surface area contributed by atoms with Crippen LogP contribution in [-0.2, 0) is 19.5 Å². The van der Waals surface area contributed by atoms with Gasteiger partial charge < -0.3 is 0 Å². The van der Waals surface area contributed by atoms with E-state index in [2.05, 4.69) is 51.6 Å². The number of aromatic nitrogens is 7. The maximum atomic E-state index is 13.7. The van der Waals surface area contributed by atoms with Gasteiger partial charge in [-0.25, -0.2) is 4.79 Å². The van der Waals surface area contributed by atoms with Crippen LogP contribution in [-0.4, -0.2) is 34.7 Å². The van der Waals surface area contributed by atoms with Crippen LogP contribution in [0.3, 0.4) is 0 Å². The molecule has 0 saturated heterocycles. The first kappa shape index (κ1) is 24.2. The molecule has 3 heterocycles. The molecule has 3 aromatic heterocycles. The van der Waals surface area contributed by atoms with E-state index in [1.54, 1.807) is 0 Å². The van der Waals surface area contributed by atoms with Crippen molar-refractivity contribution in [3.63, 3.8) is 0 Å². The molecule has 5 rings (SSSR count). The molecule has 8 heteroatoms. The molecule has 1 aliphatic rings. The van der Waals surface area contributed by atoms with Crippen LogP contribution in [0.1, 0.15) is 69.0 Å². The Hall–Kier alpha value is -3.55. The Morgan fingerprint density at radius 3 is 2.61 bits per heavy atom. The minimum atomic E-state index is 0.107. The molecule has 4 aromatic rings. The monoisotopic (exact) mass is 485 g/mol. The SMILES string of the molecule is CCCCc1c(C)n(CC2CCCCC2)c(=O)n1Cc1cc(-c2cccc(-c3nn[nH]n3)c2)ccn1. The average molecular weight is 486 g/mol. The van der Waals surface area contributed by atoms with Gasteiger partial charge in [0.25, 0.3) is 0 Å². The fourth-order valence-corrected chi connectivity index (χ4v) is 5.45. The molecule has 8 nitrogen and oxygen atoms in total. The molecular weight excluding hydrogens is 450 g/mol. The molecule has 0 atom stereocenters. The number of benzene rings is 1. The van der Waals surface area contributed by atoms with Crippen molar-refractivity contribution in [2.24, 2.45) is 5.92 Å². The van der Waals surface area contributed by atoms with E-state index in [1.165, 1.54) is 32.1 Å². The zero-order chi connectivity index (χ0) is 24.9. The van der Waals surface area contributed by atoms with E-state index >= 15 is 0 Å². The molecule has 1 aliphatic carbocycles. The Labute approximate surface area is 211 Å². The first-order valence-corrected chi connectivity index (χ1v) is 13.2. The van der Waals surface area contributed by atoms with E-state index in [4.69, 9.17) is 0 Å². The summed E-state index contributed by atoms with van der Waals surface area (Å²) in [5, 5.41) is 14.4. The van der Waals surface area contributed by atoms with Gasteiger partial charge in [-0.15, -0.1) is 10.2 Å². The largest absolute Gasteiger partial charge is 0.328 e. The average Bonchev–Trinajstić information content (AvgIpc) is 3.53. The first-order chi connectivity index (χ1) is 17.6. The van der Waals surface area contributed by atoms with Crippen LogP contribution in [0.25, 0.3) is 22.5 Å². The minimum absolute atomic E-state index is 0.107. The van der Waals surface area contributed by atoms with Gasteiger partial charge in [0.2, 0.25) is 5.82 Å². The van der Waals surface area contributed by atoms with Crippen molar-refractivity contribution in [3.05, 3.63) is 70.2 Å². The lowest BCUT2D eigenvalue weighted by Gasteiger charge is -2.22. The van der Waals surface area contributed by atoms with Gasteiger partial charge in [0.1, 0.15) is 0 Å². The van der Waals surface area contributed by atoms with Crippen molar-refractivity contribution in [2.75, 3.05) is 0 Å². The number of unbranched alkanes of at least 4 members (excludes halogenated alkanes) is 1. The predicted molar refractivity (Wildman–Crippen MR) is 141 cm³/mol. The van der Waals surface area contributed by atoms with Gasteiger partial charge in [0.05, 0.1) is 12.2 Å². The standard InChI is InChI=1S/C28H35N7O/c1-3-4-13-26-20(2)34(18-21-9-6-5-7-10-21)28(36)35(26)19-25-17-23(14-15-29-25)22-11-8-12-24(16-22)27-30-32-33-31-27/h8,11-12,14-17,21H,3-7,9-10,13,18-19H2,1-2H3,(H,30,31,32,33). The third kappa shape index (κ3) is 5.17. The number of nitrogens with zero attached hydrogens (tertiary/aromatic N) is 6. The summed E-state index contributed by atoms with van der Waals surface area (Å²) in [5.41, 5.74) is 6.26.